The first-order valence-corrected chi connectivity index (χ1v) is 18.9. The first kappa shape index (κ1) is 32.7. The Kier molecular flexibility index (Phi) is 7.81. The third-order valence-corrected chi connectivity index (χ3v) is 11.1. The minimum absolute atomic E-state index is 0.144. The number of oxazole rings is 1. The zero-order chi connectivity index (χ0) is 36.9. The SMILES string of the molecule is CC1(C)c2ccccc2-c2ccc(N(c3cc(-c4ccccc4)cc(-c4ccccc4)c3)c3ccc4nc(-c5ccc(-c6ccccc6)cc5)oc4c3)cc21. The predicted octanol–water partition coefficient (Wildman–Crippen LogP) is 14.3. The molecule has 0 radical (unpaired) electrons. The Balaban J connectivity index is 1.14. The Morgan fingerprint density at radius 2 is 0.909 bits per heavy atom. The molecule has 0 aliphatic heterocycles. The maximum atomic E-state index is 6.56. The Labute approximate surface area is 321 Å². The molecule has 1 aliphatic carbocycles. The first-order valence-electron chi connectivity index (χ1n) is 18.9. The summed E-state index contributed by atoms with van der Waals surface area (Å²) in [6, 6.07) is 69.2. The fourth-order valence-corrected chi connectivity index (χ4v) is 8.23. The van der Waals surface area contributed by atoms with Crippen LogP contribution in [0.15, 0.2) is 199 Å². The molecule has 0 fully saturated rings. The van der Waals surface area contributed by atoms with Crippen molar-refractivity contribution in [2.45, 2.75) is 19.3 Å². The molecule has 1 aliphatic rings. The Morgan fingerprint density at radius 3 is 1.56 bits per heavy atom. The molecule has 0 spiro atoms. The molecule has 8 aromatic carbocycles. The van der Waals surface area contributed by atoms with E-state index < -0.39 is 0 Å². The van der Waals surface area contributed by atoms with E-state index in [-0.39, 0.29) is 5.41 Å². The second-order valence-corrected chi connectivity index (χ2v) is 14.9. The summed E-state index contributed by atoms with van der Waals surface area (Å²) < 4.78 is 6.56. The Hall–Kier alpha value is -6.97. The van der Waals surface area contributed by atoms with Gasteiger partial charge in [0.15, 0.2) is 5.58 Å². The van der Waals surface area contributed by atoms with E-state index in [0.717, 1.165) is 50.4 Å². The molecule has 3 nitrogen and oxygen atoms in total. The molecule has 9 aromatic rings. The zero-order valence-electron chi connectivity index (χ0n) is 30.8. The van der Waals surface area contributed by atoms with Gasteiger partial charge in [-0.1, -0.05) is 147 Å². The molecule has 0 amide bonds. The summed E-state index contributed by atoms with van der Waals surface area (Å²) in [5.41, 5.74) is 17.7. The quantitative estimate of drug-likeness (QED) is 0.165. The number of hydrogen-bond acceptors (Lipinski definition) is 3. The van der Waals surface area contributed by atoms with Crippen LogP contribution in [0.4, 0.5) is 17.1 Å². The van der Waals surface area contributed by atoms with Crippen molar-refractivity contribution in [3.05, 3.63) is 205 Å². The van der Waals surface area contributed by atoms with Crippen LogP contribution in [0.1, 0.15) is 25.0 Å². The van der Waals surface area contributed by atoms with Gasteiger partial charge in [-0.15, -0.1) is 0 Å². The number of rotatable bonds is 7. The van der Waals surface area contributed by atoms with Crippen molar-refractivity contribution in [3.63, 3.8) is 0 Å². The highest BCUT2D eigenvalue weighted by molar-refractivity contribution is 5.91. The molecule has 3 heteroatoms. The summed E-state index contributed by atoms with van der Waals surface area (Å²) in [5, 5.41) is 0. The minimum atomic E-state index is -0.144. The first-order chi connectivity index (χ1) is 27.0. The molecule has 1 heterocycles. The Bertz CT molecular complexity index is 2760. The Morgan fingerprint density at radius 1 is 0.400 bits per heavy atom. The highest BCUT2D eigenvalue weighted by Crippen LogP contribution is 2.51. The van der Waals surface area contributed by atoms with E-state index >= 15 is 0 Å². The summed E-state index contributed by atoms with van der Waals surface area (Å²) in [5.74, 6) is 0.604. The van der Waals surface area contributed by atoms with E-state index in [1.54, 1.807) is 0 Å². The molecule has 0 N–H and O–H groups in total. The topological polar surface area (TPSA) is 29.3 Å². The largest absolute Gasteiger partial charge is 0.436 e. The maximum absolute atomic E-state index is 6.56. The van der Waals surface area contributed by atoms with Crippen LogP contribution in [0.5, 0.6) is 0 Å². The van der Waals surface area contributed by atoms with Crippen LogP contribution in [-0.4, -0.2) is 4.98 Å². The summed E-state index contributed by atoms with van der Waals surface area (Å²) >= 11 is 0. The minimum Gasteiger partial charge on any atom is -0.436 e. The van der Waals surface area contributed by atoms with Gasteiger partial charge < -0.3 is 9.32 Å². The highest BCUT2D eigenvalue weighted by Gasteiger charge is 2.35. The molecular formula is C52H38N2O. The molecule has 1 aromatic heterocycles. The van der Waals surface area contributed by atoms with E-state index in [0.29, 0.717) is 5.89 Å². The van der Waals surface area contributed by atoms with Gasteiger partial charge in [0.2, 0.25) is 5.89 Å². The van der Waals surface area contributed by atoms with Gasteiger partial charge in [-0.2, -0.15) is 0 Å². The van der Waals surface area contributed by atoms with E-state index in [1.165, 1.54) is 38.9 Å². The average Bonchev–Trinajstić information content (AvgIpc) is 3.78. The van der Waals surface area contributed by atoms with Gasteiger partial charge >= 0.3 is 0 Å². The molecule has 0 saturated heterocycles. The molecule has 0 bridgehead atoms. The van der Waals surface area contributed by atoms with Crippen molar-refractivity contribution in [3.8, 4) is 56.0 Å². The van der Waals surface area contributed by atoms with Crippen LogP contribution >= 0.6 is 0 Å². The molecule has 0 unspecified atom stereocenters. The zero-order valence-corrected chi connectivity index (χ0v) is 30.8. The van der Waals surface area contributed by atoms with Crippen molar-refractivity contribution in [1.29, 1.82) is 0 Å². The van der Waals surface area contributed by atoms with Crippen molar-refractivity contribution in [2.24, 2.45) is 0 Å². The van der Waals surface area contributed by atoms with Crippen LogP contribution in [0.2, 0.25) is 0 Å². The van der Waals surface area contributed by atoms with Crippen molar-refractivity contribution >= 4 is 28.2 Å². The lowest BCUT2D eigenvalue weighted by Gasteiger charge is -2.29. The van der Waals surface area contributed by atoms with Crippen LogP contribution in [0, 0.1) is 0 Å². The lowest BCUT2D eigenvalue weighted by molar-refractivity contribution is 0.620. The van der Waals surface area contributed by atoms with Gasteiger partial charge in [-0.25, -0.2) is 4.98 Å². The second kappa shape index (κ2) is 13.2. The number of fused-ring (bicyclic) bond motifs is 4. The number of hydrogen-bond donors (Lipinski definition) is 0. The van der Waals surface area contributed by atoms with Gasteiger partial charge in [0.25, 0.3) is 0 Å². The third-order valence-electron chi connectivity index (χ3n) is 11.1. The molecule has 0 atom stereocenters. The smallest absolute Gasteiger partial charge is 0.227 e. The number of anilines is 3. The van der Waals surface area contributed by atoms with E-state index in [1.807, 2.05) is 6.07 Å². The summed E-state index contributed by atoms with van der Waals surface area (Å²) in [7, 11) is 0. The van der Waals surface area contributed by atoms with Gasteiger partial charge in [0.05, 0.1) is 0 Å². The fraction of sp³-hybridized carbons (Fsp3) is 0.0577. The normalized spacial score (nSPS) is 12.7. The van der Waals surface area contributed by atoms with E-state index in [2.05, 4.69) is 207 Å². The van der Waals surface area contributed by atoms with Crippen LogP contribution in [0.3, 0.4) is 0 Å². The number of benzene rings is 8. The lowest BCUT2D eigenvalue weighted by atomic mass is 9.82. The summed E-state index contributed by atoms with van der Waals surface area (Å²) in [6.45, 7) is 4.67. The van der Waals surface area contributed by atoms with E-state index in [9.17, 15) is 0 Å². The van der Waals surface area contributed by atoms with Gasteiger partial charge in [-0.05, 0) is 110 Å². The van der Waals surface area contributed by atoms with Crippen molar-refractivity contribution in [1.82, 2.24) is 4.98 Å². The maximum Gasteiger partial charge on any atom is 0.227 e. The van der Waals surface area contributed by atoms with Crippen LogP contribution in [-0.2, 0) is 5.41 Å². The second-order valence-electron chi connectivity index (χ2n) is 14.9. The summed E-state index contributed by atoms with van der Waals surface area (Å²) in [4.78, 5) is 7.31. The average molecular weight is 707 g/mol. The van der Waals surface area contributed by atoms with Gasteiger partial charge in [0.1, 0.15) is 5.52 Å². The van der Waals surface area contributed by atoms with Crippen molar-refractivity contribution in [2.75, 3.05) is 4.90 Å². The summed E-state index contributed by atoms with van der Waals surface area (Å²) in [6.07, 6.45) is 0. The molecule has 0 saturated carbocycles. The highest BCUT2D eigenvalue weighted by atomic mass is 16.3. The van der Waals surface area contributed by atoms with Gasteiger partial charge in [0, 0.05) is 34.1 Å². The van der Waals surface area contributed by atoms with Crippen LogP contribution < -0.4 is 4.90 Å². The molecule has 10 rings (SSSR count). The molecular weight excluding hydrogens is 669 g/mol. The predicted molar refractivity (Wildman–Crippen MR) is 228 cm³/mol. The molecule has 262 valence electrons. The van der Waals surface area contributed by atoms with E-state index in [4.69, 9.17) is 9.40 Å². The van der Waals surface area contributed by atoms with Crippen molar-refractivity contribution < 1.29 is 4.42 Å². The lowest BCUT2D eigenvalue weighted by Crippen LogP contribution is -2.16. The monoisotopic (exact) mass is 706 g/mol. The van der Waals surface area contributed by atoms with Gasteiger partial charge in [-0.3, -0.25) is 0 Å². The number of nitrogens with zero attached hydrogens (tertiary/aromatic N) is 2. The van der Waals surface area contributed by atoms with Crippen LogP contribution in [0.25, 0.3) is 67.1 Å². The third kappa shape index (κ3) is 5.82. The molecule has 55 heavy (non-hydrogen) atoms. The standard InChI is InChI=1S/C52H38N2O/c1-52(2)47-21-13-12-20-45(47)46-28-26-42(33-48(46)52)54(44-31-40(36-16-8-4-9-17-36)30-41(32-44)37-18-10-5-11-19-37)43-27-29-49-50(34-43)55-51(53-49)39-24-22-38(23-25-39)35-14-6-3-7-15-35/h3-34H,1-2H3. The fourth-order valence-electron chi connectivity index (χ4n) is 8.23. The number of aromatic nitrogens is 1.